The first-order chi connectivity index (χ1) is 15.0. The van der Waals surface area contributed by atoms with Crippen LogP contribution in [0.2, 0.25) is 0 Å². The lowest BCUT2D eigenvalue weighted by Crippen LogP contribution is -2.35. The van der Waals surface area contributed by atoms with Crippen LogP contribution in [0.5, 0.6) is 5.75 Å². The maximum absolute atomic E-state index is 12.4. The van der Waals surface area contributed by atoms with E-state index in [0.717, 1.165) is 11.3 Å². The molecular formula is C23H23N3O5. The Morgan fingerprint density at radius 1 is 1.19 bits per heavy atom. The van der Waals surface area contributed by atoms with Gasteiger partial charge in [-0.2, -0.15) is 0 Å². The van der Waals surface area contributed by atoms with Crippen molar-refractivity contribution >= 4 is 22.8 Å². The van der Waals surface area contributed by atoms with Crippen LogP contribution >= 0.6 is 0 Å². The van der Waals surface area contributed by atoms with E-state index in [2.05, 4.69) is 10.3 Å². The van der Waals surface area contributed by atoms with Crippen molar-refractivity contribution in [3.63, 3.8) is 0 Å². The number of aryl methyl sites for hydroxylation is 1. The molecule has 1 amide bonds. The van der Waals surface area contributed by atoms with Gasteiger partial charge < -0.3 is 14.8 Å². The van der Waals surface area contributed by atoms with Gasteiger partial charge in [0.05, 0.1) is 30.0 Å². The number of aromatic nitrogens is 2. The zero-order valence-electron chi connectivity index (χ0n) is 17.2. The zero-order valence-corrected chi connectivity index (χ0v) is 17.2. The molecule has 160 valence electrons. The van der Waals surface area contributed by atoms with E-state index in [-0.39, 0.29) is 37.0 Å². The molecule has 0 saturated carbocycles. The highest BCUT2D eigenvalue weighted by Crippen LogP contribution is 2.31. The van der Waals surface area contributed by atoms with Crippen LogP contribution in [0.3, 0.4) is 0 Å². The van der Waals surface area contributed by atoms with Gasteiger partial charge in [0.15, 0.2) is 6.61 Å². The van der Waals surface area contributed by atoms with Gasteiger partial charge in [-0.05, 0) is 18.2 Å². The van der Waals surface area contributed by atoms with E-state index >= 15 is 0 Å². The standard InChI is InChI=1S/C23H23N3O5/c1-26-20(24-17-8-4-2-7-16(17)23(26)29)10-11-22(28)31-14-21(27)25-18-12-13-30-19-9-5-3-6-15(18)19/h2-9,18H,10-14H2,1H3,(H,25,27). The molecule has 0 bridgehead atoms. The topological polar surface area (TPSA) is 99.5 Å². The summed E-state index contributed by atoms with van der Waals surface area (Å²) in [6.45, 7) is 0.154. The average molecular weight is 421 g/mol. The van der Waals surface area contributed by atoms with E-state index in [1.807, 2.05) is 30.3 Å². The summed E-state index contributed by atoms with van der Waals surface area (Å²) in [5, 5.41) is 3.42. The summed E-state index contributed by atoms with van der Waals surface area (Å²) < 4.78 is 12.1. The van der Waals surface area contributed by atoms with Crippen molar-refractivity contribution in [2.24, 2.45) is 7.05 Å². The first-order valence-corrected chi connectivity index (χ1v) is 10.1. The minimum absolute atomic E-state index is 0.0198. The Balaban J connectivity index is 1.30. The highest BCUT2D eigenvalue weighted by atomic mass is 16.5. The third-order valence-electron chi connectivity index (χ3n) is 5.29. The number of nitrogens with one attached hydrogen (secondary N) is 1. The molecule has 1 aliphatic rings. The van der Waals surface area contributed by atoms with Crippen molar-refractivity contribution in [3.8, 4) is 5.75 Å². The molecule has 8 heteroatoms. The summed E-state index contributed by atoms with van der Waals surface area (Å²) in [6.07, 6.45) is 0.911. The monoisotopic (exact) mass is 421 g/mol. The number of hydrogen-bond acceptors (Lipinski definition) is 6. The predicted octanol–water partition coefficient (Wildman–Crippen LogP) is 2.05. The van der Waals surface area contributed by atoms with E-state index in [4.69, 9.17) is 9.47 Å². The Bertz CT molecular complexity index is 1190. The molecule has 2 aromatic carbocycles. The predicted molar refractivity (Wildman–Crippen MR) is 114 cm³/mol. The molecule has 1 atom stereocenters. The van der Waals surface area contributed by atoms with E-state index in [9.17, 15) is 14.4 Å². The third-order valence-corrected chi connectivity index (χ3v) is 5.29. The second-order valence-corrected chi connectivity index (χ2v) is 7.37. The SMILES string of the molecule is Cn1c(CCC(=O)OCC(=O)NC2CCOc3ccccc32)nc2ccccc2c1=O. The number of carbonyl (C=O) groups is 2. The number of benzene rings is 2. The van der Waals surface area contributed by atoms with Crippen molar-refractivity contribution in [1.82, 2.24) is 14.9 Å². The van der Waals surface area contributed by atoms with Crippen LogP contribution in [-0.2, 0) is 27.8 Å². The molecule has 1 unspecified atom stereocenters. The van der Waals surface area contributed by atoms with Crippen LogP contribution in [0.1, 0.15) is 30.3 Å². The number of carbonyl (C=O) groups excluding carboxylic acids is 2. The molecule has 0 aliphatic carbocycles. The van der Waals surface area contributed by atoms with Crippen molar-refractivity contribution in [1.29, 1.82) is 0 Å². The molecule has 3 aromatic rings. The second-order valence-electron chi connectivity index (χ2n) is 7.37. The molecule has 0 fully saturated rings. The molecule has 2 heterocycles. The van der Waals surface area contributed by atoms with Gasteiger partial charge in [-0.25, -0.2) is 4.98 Å². The Labute approximate surface area is 178 Å². The third kappa shape index (κ3) is 4.58. The van der Waals surface area contributed by atoms with Crippen molar-refractivity contribution in [2.45, 2.75) is 25.3 Å². The van der Waals surface area contributed by atoms with Crippen LogP contribution in [0.15, 0.2) is 53.3 Å². The molecule has 0 radical (unpaired) electrons. The average Bonchev–Trinajstić information content (AvgIpc) is 2.79. The van der Waals surface area contributed by atoms with Gasteiger partial charge >= 0.3 is 5.97 Å². The number of nitrogens with zero attached hydrogens (tertiary/aromatic N) is 2. The summed E-state index contributed by atoms with van der Waals surface area (Å²) in [4.78, 5) is 41.3. The number of para-hydroxylation sites is 2. The lowest BCUT2D eigenvalue weighted by Gasteiger charge is -2.26. The Morgan fingerprint density at radius 3 is 2.84 bits per heavy atom. The highest BCUT2D eigenvalue weighted by molar-refractivity contribution is 5.81. The number of hydrogen-bond donors (Lipinski definition) is 1. The van der Waals surface area contributed by atoms with Crippen molar-refractivity contribution < 1.29 is 19.1 Å². The van der Waals surface area contributed by atoms with Gasteiger partial charge in [0.1, 0.15) is 11.6 Å². The zero-order chi connectivity index (χ0) is 21.8. The van der Waals surface area contributed by atoms with Crippen LogP contribution in [0.25, 0.3) is 10.9 Å². The lowest BCUT2D eigenvalue weighted by molar-refractivity contribution is -0.148. The molecular weight excluding hydrogens is 398 g/mol. The van der Waals surface area contributed by atoms with Crippen LogP contribution < -0.4 is 15.6 Å². The maximum Gasteiger partial charge on any atom is 0.306 e. The summed E-state index contributed by atoms with van der Waals surface area (Å²) in [5.74, 6) is 0.352. The summed E-state index contributed by atoms with van der Waals surface area (Å²) in [7, 11) is 1.63. The molecule has 0 spiro atoms. The Hall–Kier alpha value is -3.68. The number of ether oxygens (including phenoxy) is 2. The van der Waals surface area contributed by atoms with E-state index in [1.54, 1.807) is 25.2 Å². The van der Waals surface area contributed by atoms with Gasteiger partial charge in [-0.1, -0.05) is 30.3 Å². The maximum atomic E-state index is 12.4. The molecule has 8 nitrogen and oxygen atoms in total. The fourth-order valence-electron chi connectivity index (χ4n) is 3.65. The number of fused-ring (bicyclic) bond motifs is 2. The fourth-order valence-corrected chi connectivity index (χ4v) is 3.65. The molecule has 0 saturated heterocycles. The smallest absolute Gasteiger partial charge is 0.306 e. The number of amides is 1. The lowest BCUT2D eigenvalue weighted by atomic mass is 10.0. The second kappa shape index (κ2) is 8.99. The van der Waals surface area contributed by atoms with Gasteiger partial charge in [0, 0.05) is 25.5 Å². The minimum atomic E-state index is -0.523. The van der Waals surface area contributed by atoms with Gasteiger partial charge in [0.25, 0.3) is 11.5 Å². The van der Waals surface area contributed by atoms with Gasteiger partial charge in [-0.3, -0.25) is 19.0 Å². The minimum Gasteiger partial charge on any atom is -0.493 e. The molecule has 1 aliphatic heterocycles. The fraction of sp³-hybridized carbons (Fsp3) is 0.304. The van der Waals surface area contributed by atoms with Gasteiger partial charge in [0.2, 0.25) is 0 Å². The number of rotatable bonds is 6. The normalized spacial score (nSPS) is 15.1. The Morgan fingerprint density at radius 2 is 1.97 bits per heavy atom. The molecule has 4 rings (SSSR count). The summed E-state index contributed by atoms with van der Waals surface area (Å²) >= 11 is 0. The highest BCUT2D eigenvalue weighted by Gasteiger charge is 2.23. The first-order valence-electron chi connectivity index (χ1n) is 10.1. The van der Waals surface area contributed by atoms with Crippen molar-refractivity contribution in [3.05, 3.63) is 70.3 Å². The quantitative estimate of drug-likeness (QED) is 0.612. The molecule has 1 aromatic heterocycles. The van der Waals surface area contributed by atoms with Crippen LogP contribution in [0, 0.1) is 0 Å². The van der Waals surface area contributed by atoms with Crippen molar-refractivity contribution in [2.75, 3.05) is 13.2 Å². The largest absolute Gasteiger partial charge is 0.493 e. The van der Waals surface area contributed by atoms with E-state index in [1.165, 1.54) is 4.57 Å². The first kappa shape index (κ1) is 20.6. The number of esters is 1. The molecule has 31 heavy (non-hydrogen) atoms. The van der Waals surface area contributed by atoms with Crippen LogP contribution in [0.4, 0.5) is 0 Å². The van der Waals surface area contributed by atoms with Gasteiger partial charge in [-0.15, -0.1) is 0 Å². The summed E-state index contributed by atoms with van der Waals surface area (Å²) in [6, 6.07) is 14.4. The summed E-state index contributed by atoms with van der Waals surface area (Å²) in [5.41, 5.74) is 1.34. The van der Waals surface area contributed by atoms with E-state index < -0.39 is 5.97 Å². The molecule has 1 N–H and O–H groups in total. The van der Waals surface area contributed by atoms with E-state index in [0.29, 0.717) is 29.8 Å². The Kier molecular flexibility index (Phi) is 5.97. The van der Waals surface area contributed by atoms with Crippen LogP contribution in [-0.4, -0.2) is 34.6 Å².